The highest BCUT2D eigenvalue weighted by atomic mass is 16.6. The van der Waals surface area contributed by atoms with Crippen molar-refractivity contribution >= 4 is 23.3 Å². The van der Waals surface area contributed by atoms with Gasteiger partial charge in [0.1, 0.15) is 5.69 Å². The molecule has 0 aliphatic carbocycles. The summed E-state index contributed by atoms with van der Waals surface area (Å²) < 4.78 is 4.93. The molecule has 0 radical (unpaired) electrons. The number of benzene rings is 3. The highest BCUT2D eigenvalue weighted by Gasteiger charge is 2.19. The van der Waals surface area contributed by atoms with E-state index < -0.39 is 10.9 Å². The first kappa shape index (κ1) is 21.7. The minimum atomic E-state index is -0.607. The first-order valence-corrected chi connectivity index (χ1v) is 9.88. The molecule has 1 amide bonds. The third-order valence-corrected chi connectivity index (χ3v) is 4.70. The Balaban J connectivity index is 1.75. The van der Waals surface area contributed by atoms with Crippen molar-refractivity contribution in [2.24, 2.45) is 0 Å². The minimum Gasteiger partial charge on any atom is -0.462 e. The molecule has 0 aliphatic heterocycles. The number of carbonyl (C=O) groups is 2. The lowest BCUT2D eigenvalue weighted by molar-refractivity contribution is -0.383. The van der Waals surface area contributed by atoms with Gasteiger partial charge in [0, 0.05) is 12.5 Å². The Kier molecular flexibility index (Phi) is 7.11. The maximum atomic E-state index is 12.6. The van der Waals surface area contributed by atoms with Crippen LogP contribution in [0.1, 0.15) is 29.3 Å². The summed E-state index contributed by atoms with van der Waals surface area (Å²) in [5, 5.41) is 13.9. The standard InChI is InChI=1S/C24H22N2O5/c1-2-31-24(28)19-12-14-22(26(29)30)21(16-19)25-23(27)15-13-18-10-6-7-11-20(18)17-8-4-3-5-9-17/h3-12,14,16H,2,13,15H2,1H3,(H,25,27). The second-order valence-corrected chi connectivity index (χ2v) is 6.78. The lowest BCUT2D eigenvalue weighted by Gasteiger charge is -2.11. The van der Waals surface area contributed by atoms with Crippen LogP contribution in [-0.4, -0.2) is 23.4 Å². The number of rotatable bonds is 8. The van der Waals surface area contributed by atoms with Crippen LogP contribution < -0.4 is 5.32 Å². The highest BCUT2D eigenvalue weighted by Crippen LogP contribution is 2.27. The number of aryl methyl sites for hydroxylation is 1. The van der Waals surface area contributed by atoms with Gasteiger partial charge in [-0.15, -0.1) is 0 Å². The molecule has 0 bridgehead atoms. The Morgan fingerprint density at radius 3 is 2.42 bits per heavy atom. The highest BCUT2D eigenvalue weighted by molar-refractivity contribution is 5.97. The molecule has 31 heavy (non-hydrogen) atoms. The first-order valence-electron chi connectivity index (χ1n) is 9.88. The van der Waals surface area contributed by atoms with Crippen molar-refractivity contribution in [3.05, 3.63) is 94.0 Å². The molecule has 7 nitrogen and oxygen atoms in total. The molecule has 7 heteroatoms. The summed E-state index contributed by atoms with van der Waals surface area (Å²) in [5.74, 6) is -0.989. The van der Waals surface area contributed by atoms with Gasteiger partial charge >= 0.3 is 5.97 Å². The van der Waals surface area contributed by atoms with E-state index in [1.54, 1.807) is 6.92 Å². The molecule has 0 aliphatic rings. The van der Waals surface area contributed by atoms with Gasteiger partial charge in [0.25, 0.3) is 5.69 Å². The van der Waals surface area contributed by atoms with Crippen LogP contribution in [0, 0.1) is 10.1 Å². The summed E-state index contributed by atoms with van der Waals surface area (Å²) in [6.07, 6.45) is 0.590. The second kappa shape index (κ2) is 10.2. The van der Waals surface area contributed by atoms with E-state index in [2.05, 4.69) is 5.32 Å². The van der Waals surface area contributed by atoms with Crippen molar-refractivity contribution in [1.29, 1.82) is 0 Å². The average molecular weight is 418 g/mol. The maximum Gasteiger partial charge on any atom is 0.338 e. The number of hydrogen-bond donors (Lipinski definition) is 1. The molecule has 0 unspecified atom stereocenters. The molecule has 0 fully saturated rings. The fourth-order valence-electron chi connectivity index (χ4n) is 3.24. The van der Waals surface area contributed by atoms with Gasteiger partial charge in [0.05, 0.1) is 17.1 Å². The number of anilines is 1. The lowest BCUT2D eigenvalue weighted by Crippen LogP contribution is -2.15. The third kappa shape index (κ3) is 5.54. The number of amides is 1. The molecule has 0 saturated carbocycles. The van der Waals surface area contributed by atoms with E-state index in [9.17, 15) is 19.7 Å². The quantitative estimate of drug-likeness (QED) is 0.315. The SMILES string of the molecule is CCOC(=O)c1ccc([N+](=O)[O-])c(NC(=O)CCc2ccccc2-c2ccccc2)c1. The van der Waals surface area contributed by atoms with E-state index in [1.807, 2.05) is 54.6 Å². The van der Waals surface area contributed by atoms with Crippen molar-refractivity contribution in [2.45, 2.75) is 19.8 Å². The van der Waals surface area contributed by atoms with Crippen LogP contribution >= 0.6 is 0 Å². The number of nitrogens with zero attached hydrogens (tertiary/aromatic N) is 1. The van der Waals surface area contributed by atoms with Crippen LogP contribution in [0.5, 0.6) is 0 Å². The molecule has 1 N–H and O–H groups in total. The maximum absolute atomic E-state index is 12.6. The summed E-state index contributed by atoms with van der Waals surface area (Å²) in [4.78, 5) is 35.2. The summed E-state index contributed by atoms with van der Waals surface area (Å²) in [6.45, 7) is 1.84. The van der Waals surface area contributed by atoms with Gasteiger partial charge in [-0.05, 0) is 42.2 Å². The molecule has 3 rings (SSSR count). The monoisotopic (exact) mass is 418 g/mol. The van der Waals surface area contributed by atoms with Gasteiger partial charge in [-0.25, -0.2) is 4.79 Å². The molecule has 3 aromatic carbocycles. The molecule has 0 heterocycles. The molecule has 3 aromatic rings. The van der Waals surface area contributed by atoms with E-state index in [-0.39, 0.29) is 35.9 Å². The van der Waals surface area contributed by atoms with Crippen molar-refractivity contribution in [1.82, 2.24) is 0 Å². The summed E-state index contributed by atoms with van der Waals surface area (Å²) >= 11 is 0. The number of hydrogen-bond acceptors (Lipinski definition) is 5. The van der Waals surface area contributed by atoms with Gasteiger partial charge in [0.2, 0.25) is 5.91 Å². The second-order valence-electron chi connectivity index (χ2n) is 6.78. The van der Waals surface area contributed by atoms with E-state index in [0.717, 1.165) is 16.7 Å². The van der Waals surface area contributed by atoms with Crippen LogP contribution in [-0.2, 0) is 16.0 Å². The molecule has 0 atom stereocenters. The lowest BCUT2D eigenvalue weighted by atomic mass is 9.96. The predicted molar refractivity (Wildman–Crippen MR) is 118 cm³/mol. The predicted octanol–water partition coefficient (Wildman–Crippen LogP) is 5.01. The average Bonchev–Trinajstić information content (AvgIpc) is 2.78. The van der Waals surface area contributed by atoms with Crippen molar-refractivity contribution < 1.29 is 19.2 Å². The van der Waals surface area contributed by atoms with E-state index >= 15 is 0 Å². The van der Waals surface area contributed by atoms with Crippen LogP contribution in [0.25, 0.3) is 11.1 Å². The molecule has 0 saturated heterocycles. The molecular weight excluding hydrogens is 396 g/mol. The van der Waals surface area contributed by atoms with Crippen molar-refractivity contribution in [3.63, 3.8) is 0 Å². The number of ether oxygens (including phenoxy) is 1. The number of esters is 1. The summed E-state index contributed by atoms with van der Waals surface area (Å²) in [6, 6.07) is 21.4. The van der Waals surface area contributed by atoms with Gasteiger partial charge in [-0.1, -0.05) is 54.6 Å². The van der Waals surface area contributed by atoms with Crippen LogP contribution in [0.4, 0.5) is 11.4 Å². The van der Waals surface area contributed by atoms with Gasteiger partial charge in [-0.3, -0.25) is 14.9 Å². The fraction of sp³-hybridized carbons (Fsp3) is 0.167. The summed E-state index contributed by atoms with van der Waals surface area (Å²) in [7, 11) is 0. The summed E-state index contributed by atoms with van der Waals surface area (Å²) in [5.41, 5.74) is 2.90. The van der Waals surface area contributed by atoms with Crippen molar-refractivity contribution in [2.75, 3.05) is 11.9 Å². The Labute approximate surface area is 179 Å². The zero-order valence-electron chi connectivity index (χ0n) is 17.0. The van der Waals surface area contributed by atoms with E-state index in [4.69, 9.17) is 4.74 Å². The zero-order valence-corrected chi connectivity index (χ0v) is 17.0. The Bertz CT molecular complexity index is 1100. The number of nitrogens with one attached hydrogen (secondary N) is 1. The van der Waals surface area contributed by atoms with E-state index in [1.165, 1.54) is 18.2 Å². The fourth-order valence-corrected chi connectivity index (χ4v) is 3.24. The molecular formula is C24H22N2O5. The third-order valence-electron chi connectivity index (χ3n) is 4.70. The zero-order chi connectivity index (χ0) is 22.2. The molecule has 0 spiro atoms. The molecule has 0 aromatic heterocycles. The van der Waals surface area contributed by atoms with Crippen LogP contribution in [0.2, 0.25) is 0 Å². The normalized spacial score (nSPS) is 10.4. The largest absolute Gasteiger partial charge is 0.462 e. The van der Waals surface area contributed by atoms with Gasteiger partial charge < -0.3 is 10.1 Å². The topological polar surface area (TPSA) is 98.5 Å². The Hall–Kier alpha value is -4.00. The van der Waals surface area contributed by atoms with Crippen molar-refractivity contribution in [3.8, 4) is 11.1 Å². The van der Waals surface area contributed by atoms with Crippen LogP contribution in [0.15, 0.2) is 72.8 Å². The Morgan fingerprint density at radius 1 is 1.00 bits per heavy atom. The van der Waals surface area contributed by atoms with Crippen LogP contribution in [0.3, 0.4) is 0 Å². The first-order chi connectivity index (χ1) is 15.0. The van der Waals surface area contributed by atoms with Gasteiger partial charge in [0.15, 0.2) is 0 Å². The number of nitro benzene ring substituents is 1. The minimum absolute atomic E-state index is 0.0307. The van der Waals surface area contributed by atoms with Gasteiger partial charge in [-0.2, -0.15) is 0 Å². The Morgan fingerprint density at radius 2 is 1.71 bits per heavy atom. The molecule has 158 valence electrons. The smallest absolute Gasteiger partial charge is 0.338 e. The number of carbonyl (C=O) groups excluding carboxylic acids is 2. The van der Waals surface area contributed by atoms with E-state index in [0.29, 0.717) is 6.42 Å². The number of nitro groups is 1.